The van der Waals surface area contributed by atoms with Crippen molar-refractivity contribution in [1.29, 1.82) is 0 Å². The Morgan fingerprint density at radius 3 is 2.79 bits per heavy atom. The summed E-state index contributed by atoms with van der Waals surface area (Å²) in [5.41, 5.74) is 2.63. The molecule has 19 heavy (non-hydrogen) atoms. The largest absolute Gasteiger partial charge is 0.353 e. The van der Waals surface area contributed by atoms with E-state index in [2.05, 4.69) is 49.1 Å². The van der Waals surface area contributed by atoms with Gasteiger partial charge in [-0.3, -0.25) is 4.79 Å². The molecule has 1 aromatic rings. The van der Waals surface area contributed by atoms with Crippen LogP contribution in [0.2, 0.25) is 0 Å². The van der Waals surface area contributed by atoms with Crippen LogP contribution in [0, 0.1) is 12.8 Å². The standard InChI is InChI=1S/C15H23NOS2/c1-11-5-4-6-14(7-11)10-19-9-13(3)16-15(17)12(2)8-18/h4-7,12-13,18H,8-10H2,1-3H3,(H,16,17). The minimum Gasteiger partial charge on any atom is -0.353 e. The highest BCUT2D eigenvalue weighted by Gasteiger charge is 2.13. The van der Waals surface area contributed by atoms with Crippen LogP contribution in [0.15, 0.2) is 24.3 Å². The molecule has 0 aliphatic rings. The Labute approximate surface area is 126 Å². The topological polar surface area (TPSA) is 29.1 Å². The molecule has 1 amide bonds. The first-order valence-electron chi connectivity index (χ1n) is 6.57. The molecule has 0 saturated carbocycles. The molecule has 1 rings (SSSR count). The van der Waals surface area contributed by atoms with E-state index in [1.807, 2.05) is 25.6 Å². The van der Waals surface area contributed by atoms with E-state index in [-0.39, 0.29) is 17.9 Å². The van der Waals surface area contributed by atoms with Crippen LogP contribution < -0.4 is 5.32 Å². The second-order valence-electron chi connectivity index (χ2n) is 5.00. The molecule has 0 aliphatic carbocycles. The van der Waals surface area contributed by atoms with E-state index in [1.165, 1.54) is 11.1 Å². The van der Waals surface area contributed by atoms with Crippen molar-refractivity contribution in [2.45, 2.75) is 32.6 Å². The van der Waals surface area contributed by atoms with Crippen molar-refractivity contribution < 1.29 is 4.79 Å². The quantitative estimate of drug-likeness (QED) is 0.756. The van der Waals surface area contributed by atoms with Gasteiger partial charge in [-0.25, -0.2) is 0 Å². The van der Waals surface area contributed by atoms with E-state index in [4.69, 9.17) is 0 Å². The lowest BCUT2D eigenvalue weighted by molar-refractivity contribution is -0.124. The Hall–Kier alpha value is -0.610. The summed E-state index contributed by atoms with van der Waals surface area (Å²) in [5, 5.41) is 3.02. The van der Waals surface area contributed by atoms with Crippen LogP contribution in [0.25, 0.3) is 0 Å². The van der Waals surface area contributed by atoms with Crippen LogP contribution in [0.4, 0.5) is 0 Å². The summed E-state index contributed by atoms with van der Waals surface area (Å²) in [7, 11) is 0. The van der Waals surface area contributed by atoms with Crippen LogP contribution in [-0.4, -0.2) is 23.5 Å². The first-order valence-corrected chi connectivity index (χ1v) is 8.36. The fourth-order valence-corrected chi connectivity index (χ4v) is 2.80. The lowest BCUT2D eigenvalue weighted by atomic mass is 10.2. The number of nitrogens with one attached hydrogen (secondary N) is 1. The van der Waals surface area contributed by atoms with Crippen molar-refractivity contribution in [1.82, 2.24) is 5.32 Å². The summed E-state index contributed by atoms with van der Waals surface area (Å²) in [4.78, 5) is 11.7. The summed E-state index contributed by atoms with van der Waals surface area (Å²) in [6, 6.07) is 8.75. The molecule has 106 valence electrons. The minimum absolute atomic E-state index is 0.0208. The molecule has 0 bridgehead atoms. The van der Waals surface area contributed by atoms with Crippen LogP contribution in [-0.2, 0) is 10.5 Å². The average molecular weight is 297 g/mol. The molecule has 2 nitrogen and oxygen atoms in total. The zero-order valence-corrected chi connectivity index (χ0v) is 13.6. The number of aryl methyl sites for hydroxylation is 1. The van der Waals surface area contributed by atoms with Crippen molar-refractivity contribution in [3.8, 4) is 0 Å². The molecule has 4 heteroatoms. The number of thioether (sulfide) groups is 1. The summed E-state index contributed by atoms with van der Waals surface area (Å²) in [6.07, 6.45) is 0. The highest BCUT2D eigenvalue weighted by atomic mass is 32.2. The molecule has 1 N–H and O–H groups in total. The van der Waals surface area contributed by atoms with Gasteiger partial charge in [0.15, 0.2) is 0 Å². The average Bonchev–Trinajstić information content (AvgIpc) is 2.37. The zero-order valence-electron chi connectivity index (χ0n) is 11.8. The van der Waals surface area contributed by atoms with Gasteiger partial charge in [0.2, 0.25) is 5.91 Å². The number of benzene rings is 1. The predicted octanol–water partition coefficient (Wildman–Crippen LogP) is 3.30. The fourth-order valence-electron chi connectivity index (χ4n) is 1.67. The SMILES string of the molecule is Cc1cccc(CSCC(C)NC(=O)C(C)CS)c1. The molecule has 0 aromatic heterocycles. The van der Waals surface area contributed by atoms with Crippen molar-refractivity contribution in [2.75, 3.05) is 11.5 Å². The third-order valence-corrected chi connectivity index (χ3v) is 4.65. The second kappa shape index (κ2) is 8.54. The van der Waals surface area contributed by atoms with Crippen molar-refractivity contribution in [2.24, 2.45) is 5.92 Å². The summed E-state index contributed by atoms with van der Waals surface area (Å²) in [6.45, 7) is 6.05. The molecule has 0 aliphatic heterocycles. The molecule has 2 unspecified atom stereocenters. The highest BCUT2D eigenvalue weighted by molar-refractivity contribution is 7.98. The number of hydrogen-bond donors (Lipinski definition) is 2. The van der Waals surface area contributed by atoms with E-state index in [1.54, 1.807) is 0 Å². The number of amides is 1. The number of carbonyl (C=O) groups is 1. The van der Waals surface area contributed by atoms with Crippen LogP contribution in [0.1, 0.15) is 25.0 Å². The monoisotopic (exact) mass is 297 g/mol. The van der Waals surface area contributed by atoms with E-state index < -0.39 is 0 Å². The molecular formula is C15H23NOS2. The summed E-state index contributed by atoms with van der Waals surface area (Å²) in [5.74, 6) is 2.59. The van der Waals surface area contributed by atoms with Gasteiger partial charge in [-0.1, -0.05) is 36.8 Å². The van der Waals surface area contributed by atoms with Gasteiger partial charge in [0.25, 0.3) is 0 Å². The Morgan fingerprint density at radius 1 is 1.42 bits per heavy atom. The number of hydrogen-bond acceptors (Lipinski definition) is 3. The Morgan fingerprint density at radius 2 is 2.16 bits per heavy atom. The van der Waals surface area contributed by atoms with Crippen molar-refractivity contribution in [3.05, 3.63) is 35.4 Å². The van der Waals surface area contributed by atoms with E-state index in [9.17, 15) is 4.79 Å². The smallest absolute Gasteiger partial charge is 0.223 e. The van der Waals surface area contributed by atoms with Crippen molar-refractivity contribution in [3.63, 3.8) is 0 Å². The first kappa shape index (κ1) is 16.4. The Kier molecular flexibility index (Phi) is 7.39. The summed E-state index contributed by atoms with van der Waals surface area (Å²) >= 11 is 5.99. The maximum atomic E-state index is 11.7. The number of carbonyl (C=O) groups excluding carboxylic acids is 1. The fraction of sp³-hybridized carbons (Fsp3) is 0.533. The number of thiol groups is 1. The zero-order chi connectivity index (χ0) is 14.3. The predicted molar refractivity (Wildman–Crippen MR) is 88.0 cm³/mol. The maximum Gasteiger partial charge on any atom is 0.223 e. The third-order valence-electron chi connectivity index (χ3n) is 2.83. The van der Waals surface area contributed by atoms with Gasteiger partial charge in [0.05, 0.1) is 0 Å². The molecule has 0 spiro atoms. The van der Waals surface area contributed by atoms with Crippen LogP contribution in [0.3, 0.4) is 0 Å². The molecule has 0 heterocycles. The van der Waals surface area contributed by atoms with Gasteiger partial charge >= 0.3 is 0 Å². The van der Waals surface area contributed by atoms with Gasteiger partial charge in [0.1, 0.15) is 0 Å². The van der Waals surface area contributed by atoms with Crippen LogP contribution >= 0.6 is 24.4 Å². The molecule has 2 atom stereocenters. The van der Waals surface area contributed by atoms with Crippen LogP contribution in [0.5, 0.6) is 0 Å². The van der Waals surface area contributed by atoms with Crippen molar-refractivity contribution >= 4 is 30.3 Å². The molecule has 1 aromatic carbocycles. The van der Waals surface area contributed by atoms with E-state index in [0.29, 0.717) is 5.75 Å². The molecule has 0 saturated heterocycles. The second-order valence-corrected chi connectivity index (χ2v) is 6.39. The third kappa shape index (κ3) is 6.39. The summed E-state index contributed by atoms with van der Waals surface area (Å²) < 4.78 is 0. The minimum atomic E-state index is -0.0208. The lowest BCUT2D eigenvalue weighted by Gasteiger charge is -2.16. The highest BCUT2D eigenvalue weighted by Crippen LogP contribution is 2.14. The van der Waals surface area contributed by atoms with E-state index >= 15 is 0 Å². The number of rotatable bonds is 7. The maximum absolute atomic E-state index is 11.7. The molecule has 0 fully saturated rings. The lowest BCUT2D eigenvalue weighted by Crippen LogP contribution is -2.38. The van der Waals surface area contributed by atoms with Gasteiger partial charge in [-0.05, 0) is 19.4 Å². The molecular weight excluding hydrogens is 274 g/mol. The Bertz CT molecular complexity index is 409. The van der Waals surface area contributed by atoms with Gasteiger partial charge < -0.3 is 5.32 Å². The first-order chi connectivity index (χ1) is 9.02. The van der Waals surface area contributed by atoms with Gasteiger partial charge in [0, 0.05) is 29.2 Å². The molecule has 0 radical (unpaired) electrons. The Balaban J connectivity index is 2.27. The van der Waals surface area contributed by atoms with E-state index in [0.717, 1.165) is 11.5 Å². The normalized spacial score (nSPS) is 13.9. The van der Waals surface area contributed by atoms with Gasteiger partial charge in [-0.2, -0.15) is 24.4 Å². The van der Waals surface area contributed by atoms with Gasteiger partial charge in [-0.15, -0.1) is 0 Å².